The number of carbonyl (C=O) groups is 1. The van der Waals surface area contributed by atoms with Gasteiger partial charge in [-0.15, -0.1) is 0 Å². The molecule has 0 aliphatic carbocycles. The number of halogens is 2. The van der Waals surface area contributed by atoms with Gasteiger partial charge in [0.25, 0.3) is 5.91 Å². The van der Waals surface area contributed by atoms with Crippen LogP contribution in [0.25, 0.3) is 0 Å². The third-order valence-electron chi connectivity index (χ3n) is 4.56. The lowest BCUT2D eigenvalue weighted by molar-refractivity contribution is -0.389. The highest BCUT2D eigenvalue weighted by Gasteiger charge is 2.19. The molecule has 0 bridgehead atoms. The summed E-state index contributed by atoms with van der Waals surface area (Å²) >= 11 is 11.9. The van der Waals surface area contributed by atoms with Crippen molar-refractivity contribution in [1.29, 1.82) is 0 Å². The summed E-state index contributed by atoms with van der Waals surface area (Å²) in [5.74, 6) is -0.555. The molecule has 11 heteroatoms. The molecule has 1 N–H and O–H groups in total. The maximum atomic E-state index is 12.3. The van der Waals surface area contributed by atoms with Crippen LogP contribution in [0.1, 0.15) is 33.7 Å². The van der Waals surface area contributed by atoms with Crippen LogP contribution >= 0.6 is 23.2 Å². The first kappa shape index (κ1) is 21.8. The summed E-state index contributed by atoms with van der Waals surface area (Å²) in [5.41, 5.74) is 3.07. The van der Waals surface area contributed by atoms with E-state index in [0.29, 0.717) is 30.2 Å². The van der Waals surface area contributed by atoms with Crippen LogP contribution in [0.4, 0.5) is 5.82 Å². The van der Waals surface area contributed by atoms with Crippen molar-refractivity contribution in [3.05, 3.63) is 73.1 Å². The van der Waals surface area contributed by atoms with Gasteiger partial charge in [0.1, 0.15) is 0 Å². The standard InChI is InChI=1S/C19H20Cl2N6O3/c1-12-17(21)13(2)26(23-12)9-3-8-22-19(28)15-6-4-14(5-7-15)10-25-11-16(20)18(24-25)27(29)30/h4-7,11H,3,8-10H2,1-2H3,(H,22,28). The number of hydrogen-bond donors (Lipinski definition) is 1. The van der Waals surface area contributed by atoms with Gasteiger partial charge in [0.05, 0.1) is 34.3 Å². The highest BCUT2D eigenvalue weighted by molar-refractivity contribution is 6.32. The van der Waals surface area contributed by atoms with Crippen molar-refractivity contribution in [1.82, 2.24) is 24.9 Å². The van der Waals surface area contributed by atoms with Crippen LogP contribution in [0, 0.1) is 24.0 Å². The van der Waals surface area contributed by atoms with E-state index in [1.165, 1.54) is 10.9 Å². The first-order chi connectivity index (χ1) is 14.3. The zero-order chi connectivity index (χ0) is 21.8. The summed E-state index contributed by atoms with van der Waals surface area (Å²) in [4.78, 5) is 22.5. The molecule has 1 aromatic carbocycles. The van der Waals surface area contributed by atoms with Crippen LogP contribution < -0.4 is 5.32 Å². The summed E-state index contributed by atoms with van der Waals surface area (Å²) in [7, 11) is 0. The second-order valence-electron chi connectivity index (χ2n) is 6.77. The highest BCUT2D eigenvalue weighted by Crippen LogP contribution is 2.22. The van der Waals surface area contributed by atoms with Crippen molar-refractivity contribution < 1.29 is 9.72 Å². The molecule has 0 atom stereocenters. The molecule has 0 aliphatic heterocycles. The number of rotatable bonds is 8. The first-order valence-corrected chi connectivity index (χ1v) is 9.96. The van der Waals surface area contributed by atoms with E-state index in [0.717, 1.165) is 23.4 Å². The van der Waals surface area contributed by atoms with E-state index in [-0.39, 0.29) is 16.7 Å². The summed E-state index contributed by atoms with van der Waals surface area (Å²) in [6.45, 7) is 5.25. The quantitative estimate of drug-likeness (QED) is 0.319. The maximum absolute atomic E-state index is 12.3. The zero-order valence-electron chi connectivity index (χ0n) is 16.4. The number of amides is 1. The molecule has 30 heavy (non-hydrogen) atoms. The van der Waals surface area contributed by atoms with Gasteiger partial charge in [-0.3, -0.25) is 9.48 Å². The number of nitrogens with one attached hydrogen (secondary N) is 1. The minimum atomic E-state index is -0.629. The van der Waals surface area contributed by atoms with E-state index in [4.69, 9.17) is 23.2 Å². The minimum absolute atomic E-state index is 0.0151. The Labute approximate surface area is 182 Å². The summed E-state index contributed by atoms with van der Waals surface area (Å²) in [6, 6.07) is 6.94. The van der Waals surface area contributed by atoms with Crippen LogP contribution in [0.3, 0.4) is 0 Å². The molecule has 1 amide bonds. The van der Waals surface area contributed by atoms with Crippen LogP contribution in [-0.2, 0) is 13.1 Å². The van der Waals surface area contributed by atoms with Gasteiger partial charge < -0.3 is 15.4 Å². The molecular formula is C19H20Cl2N6O3. The highest BCUT2D eigenvalue weighted by atomic mass is 35.5. The number of nitro groups is 1. The molecule has 158 valence electrons. The van der Waals surface area contributed by atoms with Gasteiger partial charge in [-0.05, 0) is 42.9 Å². The maximum Gasteiger partial charge on any atom is 0.408 e. The zero-order valence-corrected chi connectivity index (χ0v) is 17.9. The summed E-state index contributed by atoms with van der Waals surface area (Å²) in [6.07, 6.45) is 2.12. The summed E-state index contributed by atoms with van der Waals surface area (Å²) < 4.78 is 3.23. The van der Waals surface area contributed by atoms with Crippen LogP contribution in [0.15, 0.2) is 30.5 Å². The predicted molar refractivity (Wildman–Crippen MR) is 113 cm³/mol. The third kappa shape index (κ3) is 4.98. The number of nitrogens with zero attached hydrogens (tertiary/aromatic N) is 5. The van der Waals surface area contributed by atoms with E-state index in [1.807, 2.05) is 18.5 Å². The van der Waals surface area contributed by atoms with Crippen LogP contribution in [0.2, 0.25) is 10.0 Å². The second kappa shape index (κ2) is 9.27. The number of carbonyl (C=O) groups excluding carboxylic acids is 1. The fourth-order valence-electron chi connectivity index (χ4n) is 2.97. The molecule has 0 radical (unpaired) electrons. The molecular weight excluding hydrogens is 431 g/mol. The molecule has 2 aromatic heterocycles. The average Bonchev–Trinajstić information content (AvgIpc) is 3.20. The van der Waals surface area contributed by atoms with E-state index < -0.39 is 4.92 Å². The van der Waals surface area contributed by atoms with Gasteiger partial charge in [-0.1, -0.05) is 35.3 Å². The van der Waals surface area contributed by atoms with Crippen molar-refractivity contribution in [2.24, 2.45) is 0 Å². The Hall–Kier alpha value is -2.91. The van der Waals surface area contributed by atoms with Crippen molar-refractivity contribution in [2.75, 3.05) is 6.54 Å². The van der Waals surface area contributed by atoms with Gasteiger partial charge in [-0.25, -0.2) is 0 Å². The van der Waals surface area contributed by atoms with Crippen LogP contribution in [-0.4, -0.2) is 36.9 Å². The van der Waals surface area contributed by atoms with Crippen molar-refractivity contribution in [3.63, 3.8) is 0 Å². The van der Waals surface area contributed by atoms with Gasteiger partial charge in [0, 0.05) is 18.7 Å². The molecule has 0 spiro atoms. The van der Waals surface area contributed by atoms with E-state index in [1.54, 1.807) is 24.3 Å². The Morgan fingerprint density at radius 1 is 1.20 bits per heavy atom. The number of aryl methyl sites for hydroxylation is 2. The molecule has 3 aromatic rings. The second-order valence-corrected chi connectivity index (χ2v) is 7.55. The normalized spacial score (nSPS) is 10.9. The van der Waals surface area contributed by atoms with Gasteiger partial charge >= 0.3 is 5.82 Å². The Morgan fingerprint density at radius 3 is 2.47 bits per heavy atom. The average molecular weight is 451 g/mol. The lowest BCUT2D eigenvalue weighted by Crippen LogP contribution is -2.25. The number of aromatic nitrogens is 4. The molecule has 0 aliphatic rings. The Bertz CT molecular complexity index is 1070. The molecule has 0 saturated heterocycles. The molecule has 9 nitrogen and oxygen atoms in total. The molecule has 3 rings (SSSR count). The van der Waals surface area contributed by atoms with E-state index in [2.05, 4.69) is 15.5 Å². The third-order valence-corrected chi connectivity index (χ3v) is 5.37. The van der Waals surface area contributed by atoms with Crippen molar-refractivity contribution in [3.8, 4) is 0 Å². The largest absolute Gasteiger partial charge is 0.408 e. The Morgan fingerprint density at radius 2 is 1.90 bits per heavy atom. The predicted octanol–water partition coefficient (Wildman–Crippen LogP) is 3.78. The minimum Gasteiger partial charge on any atom is -0.358 e. The lowest BCUT2D eigenvalue weighted by atomic mass is 10.1. The summed E-state index contributed by atoms with van der Waals surface area (Å²) in [5, 5.41) is 22.6. The first-order valence-electron chi connectivity index (χ1n) is 9.20. The van der Waals surface area contributed by atoms with E-state index in [9.17, 15) is 14.9 Å². The fourth-order valence-corrected chi connectivity index (χ4v) is 3.32. The molecule has 0 saturated carbocycles. The van der Waals surface area contributed by atoms with E-state index >= 15 is 0 Å². The Kier molecular flexibility index (Phi) is 6.73. The monoisotopic (exact) mass is 450 g/mol. The molecule has 0 fully saturated rings. The lowest BCUT2D eigenvalue weighted by Gasteiger charge is -2.07. The smallest absolute Gasteiger partial charge is 0.358 e. The Balaban J connectivity index is 1.50. The molecule has 2 heterocycles. The molecule has 0 unspecified atom stereocenters. The fraction of sp³-hybridized carbons (Fsp3) is 0.316. The number of benzene rings is 1. The van der Waals surface area contributed by atoms with Crippen LogP contribution in [0.5, 0.6) is 0 Å². The van der Waals surface area contributed by atoms with Gasteiger partial charge in [-0.2, -0.15) is 9.78 Å². The van der Waals surface area contributed by atoms with Gasteiger partial charge in [0.15, 0.2) is 5.02 Å². The number of hydrogen-bond acceptors (Lipinski definition) is 5. The topological polar surface area (TPSA) is 108 Å². The SMILES string of the molecule is Cc1nn(CCCNC(=O)c2ccc(Cn3cc(Cl)c([N+](=O)[O-])n3)cc2)c(C)c1Cl. The van der Waals surface area contributed by atoms with Gasteiger partial charge in [0.2, 0.25) is 0 Å². The van der Waals surface area contributed by atoms with Crippen molar-refractivity contribution >= 4 is 34.9 Å². The van der Waals surface area contributed by atoms with Crippen molar-refractivity contribution in [2.45, 2.75) is 33.4 Å².